The molecule has 0 fully saturated rings. The van der Waals surface area contributed by atoms with Crippen LogP contribution in [0.3, 0.4) is 0 Å². The molecule has 2 aromatic rings. The molecule has 2 aromatic heterocycles. The lowest BCUT2D eigenvalue weighted by Crippen LogP contribution is -2.23. The SMILES string of the molecule is CC[C@@H](O)c1cc2n(n1)CCCN(Cc1ccc(N(C)C)nc1)C2. The van der Waals surface area contributed by atoms with Crippen molar-refractivity contribution in [1.29, 1.82) is 0 Å². The summed E-state index contributed by atoms with van der Waals surface area (Å²) in [6.07, 6.45) is 3.27. The molecule has 0 spiro atoms. The Bertz CT molecular complexity index is 665. The number of aliphatic hydroxyl groups is 1. The van der Waals surface area contributed by atoms with Gasteiger partial charge in [-0.15, -0.1) is 0 Å². The lowest BCUT2D eigenvalue weighted by atomic mass is 10.2. The molecular formula is C18H27N5O. The van der Waals surface area contributed by atoms with Crippen molar-refractivity contribution in [3.63, 3.8) is 0 Å². The highest BCUT2D eigenvalue weighted by molar-refractivity contribution is 5.37. The number of hydrogen-bond acceptors (Lipinski definition) is 5. The zero-order chi connectivity index (χ0) is 17.1. The Labute approximate surface area is 143 Å². The molecule has 6 nitrogen and oxygen atoms in total. The van der Waals surface area contributed by atoms with Crippen molar-refractivity contribution >= 4 is 5.82 Å². The first-order chi connectivity index (χ1) is 11.6. The fourth-order valence-electron chi connectivity index (χ4n) is 3.09. The summed E-state index contributed by atoms with van der Waals surface area (Å²) >= 11 is 0. The van der Waals surface area contributed by atoms with Gasteiger partial charge >= 0.3 is 0 Å². The highest BCUT2D eigenvalue weighted by Crippen LogP contribution is 2.21. The average Bonchev–Trinajstić information content (AvgIpc) is 2.88. The standard InChI is InChI=1S/C18H27N5O/c1-4-17(24)16-10-15-13-22(8-5-9-23(15)20-16)12-14-6-7-18(19-11-14)21(2)3/h6-7,10-11,17,24H,4-5,8-9,12-13H2,1-3H3/t17-/m1/s1. The van der Waals surface area contributed by atoms with E-state index in [2.05, 4.69) is 37.9 Å². The highest BCUT2D eigenvalue weighted by Gasteiger charge is 2.19. The van der Waals surface area contributed by atoms with Gasteiger partial charge in [-0.3, -0.25) is 9.58 Å². The fourth-order valence-corrected chi connectivity index (χ4v) is 3.09. The molecule has 1 N–H and O–H groups in total. The maximum atomic E-state index is 10.0. The molecule has 6 heteroatoms. The van der Waals surface area contributed by atoms with Gasteiger partial charge in [-0.25, -0.2) is 4.98 Å². The second-order valence-electron chi connectivity index (χ2n) is 6.69. The quantitative estimate of drug-likeness (QED) is 0.911. The van der Waals surface area contributed by atoms with Crippen LogP contribution in [0.1, 0.15) is 42.8 Å². The zero-order valence-electron chi connectivity index (χ0n) is 14.8. The number of anilines is 1. The summed E-state index contributed by atoms with van der Waals surface area (Å²) in [7, 11) is 4.00. The van der Waals surface area contributed by atoms with Gasteiger partial charge in [0.15, 0.2) is 0 Å². The fraction of sp³-hybridized carbons (Fsp3) is 0.556. The number of fused-ring (bicyclic) bond motifs is 1. The molecule has 1 aliphatic rings. The molecule has 130 valence electrons. The Kier molecular flexibility index (Phi) is 5.16. The molecule has 0 bridgehead atoms. The zero-order valence-corrected chi connectivity index (χ0v) is 14.8. The molecule has 0 amide bonds. The van der Waals surface area contributed by atoms with E-state index in [0.29, 0.717) is 6.42 Å². The van der Waals surface area contributed by atoms with Gasteiger partial charge in [0, 0.05) is 46.5 Å². The minimum atomic E-state index is -0.458. The summed E-state index contributed by atoms with van der Waals surface area (Å²) in [5, 5.41) is 14.6. The Morgan fingerprint density at radius 1 is 1.29 bits per heavy atom. The summed E-state index contributed by atoms with van der Waals surface area (Å²) in [4.78, 5) is 8.93. The summed E-state index contributed by atoms with van der Waals surface area (Å²) < 4.78 is 2.06. The van der Waals surface area contributed by atoms with Crippen LogP contribution in [-0.4, -0.2) is 45.4 Å². The summed E-state index contributed by atoms with van der Waals surface area (Å²) in [5.74, 6) is 0.978. The van der Waals surface area contributed by atoms with Crippen molar-refractivity contribution in [3.8, 4) is 0 Å². The van der Waals surface area contributed by atoms with E-state index in [1.54, 1.807) is 0 Å². The molecule has 1 atom stereocenters. The van der Waals surface area contributed by atoms with Gasteiger partial charge in [0.1, 0.15) is 5.82 Å². The monoisotopic (exact) mass is 329 g/mol. The Morgan fingerprint density at radius 3 is 2.79 bits per heavy atom. The number of rotatable bonds is 5. The number of pyridine rings is 1. The van der Waals surface area contributed by atoms with Gasteiger partial charge in [-0.2, -0.15) is 5.10 Å². The smallest absolute Gasteiger partial charge is 0.127 e. The minimum absolute atomic E-state index is 0.458. The van der Waals surface area contributed by atoms with E-state index in [1.807, 2.05) is 32.1 Å². The first-order valence-corrected chi connectivity index (χ1v) is 8.66. The van der Waals surface area contributed by atoms with Crippen LogP contribution < -0.4 is 4.90 Å². The third-order valence-corrected chi connectivity index (χ3v) is 4.51. The maximum Gasteiger partial charge on any atom is 0.127 e. The minimum Gasteiger partial charge on any atom is -0.387 e. The van der Waals surface area contributed by atoms with Crippen LogP contribution in [0.2, 0.25) is 0 Å². The number of nitrogens with zero attached hydrogens (tertiary/aromatic N) is 5. The molecular weight excluding hydrogens is 302 g/mol. The van der Waals surface area contributed by atoms with Crippen LogP contribution in [-0.2, 0) is 19.6 Å². The molecule has 0 saturated carbocycles. The molecule has 0 aliphatic carbocycles. The van der Waals surface area contributed by atoms with Crippen molar-refractivity contribution in [1.82, 2.24) is 19.7 Å². The molecule has 3 heterocycles. The second-order valence-corrected chi connectivity index (χ2v) is 6.69. The van der Waals surface area contributed by atoms with E-state index in [1.165, 1.54) is 11.3 Å². The lowest BCUT2D eigenvalue weighted by Gasteiger charge is -2.20. The third kappa shape index (κ3) is 3.76. The van der Waals surface area contributed by atoms with Crippen molar-refractivity contribution in [2.24, 2.45) is 0 Å². The average molecular weight is 329 g/mol. The highest BCUT2D eigenvalue weighted by atomic mass is 16.3. The van der Waals surface area contributed by atoms with Crippen LogP contribution in [0.15, 0.2) is 24.4 Å². The number of hydrogen-bond donors (Lipinski definition) is 1. The van der Waals surface area contributed by atoms with Crippen molar-refractivity contribution in [2.45, 2.75) is 45.5 Å². The predicted octanol–water partition coefficient (Wildman–Crippen LogP) is 2.19. The van der Waals surface area contributed by atoms with Crippen LogP contribution in [0.5, 0.6) is 0 Å². The first kappa shape index (κ1) is 16.9. The number of aryl methyl sites for hydroxylation is 1. The van der Waals surface area contributed by atoms with E-state index in [9.17, 15) is 5.11 Å². The third-order valence-electron chi connectivity index (χ3n) is 4.51. The van der Waals surface area contributed by atoms with Gasteiger partial charge in [-0.1, -0.05) is 13.0 Å². The van der Waals surface area contributed by atoms with Crippen LogP contribution in [0.25, 0.3) is 0 Å². The van der Waals surface area contributed by atoms with Gasteiger partial charge < -0.3 is 10.0 Å². The molecule has 24 heavy (non-hydrogen) atoms. The van der Waals surface area contributed by atoms with Gasteiger partial charge in [0.2, 0.25) is 0 Å². The molecule has 0 saturated heterocycles. The lowest BCUT2D eigenvalue weighted by molar-refractivity contribution is 0.167. The number of aliphatic hydroxyl groups excluding tert-OH is 1. The topological polar surface area (TPSA) is 57.4 Å². The largest absolute Gasteiger partial charge is 0.387 e. The summed E-state index contributed by atoms with van der Waals surface area (Å²) in [5.41, 5.74) is 3.21. The van der Waals surface area contributed by atoms with Gasteiger partial charge in [0.25, 0.3) is 0 Å². The van der Waals surface area contributed by atoms with Crippen LogP contribution in [0, 0.1) is 0 Å². The Hall–Kier alpha value is -1.92. The maximum absolute atomic E-state index is 10.0. The van der Waals surface area contributed by atoms with Crippen molar-refractivity contribution < 1.29 is 5.11 Å². The van der Waals surface area contributed by atoms with Gasteiger partial charge in [0.05, 0.1) is 17.5 Å². The van der Waals surface area contributed by atoms with Crippen LogP contribution in [0.4, 0.5) is 5.82 Å². The summed E-state index contributed by atoms with van der Waals surface area (Å²) in [6, 6.07) is 6.27. The van der Waals surface area contributed by atoms with E-state index < -0.39 is 6.10 Å². The number of aromatic nitrogens is 3. The molecule has 0 radical (unpaired) electrons. The van der Waals surface area contributed by atoms with Crippen molar-refractivity contribution in [3.05, 3.63) is 41.3 Å². The molecule has 0 unspecified atom stereocenters. The van der Waals surface area contributed by atoms with E-state index in [4.69, 9.17) is 0 Å². The van der Waals surface area contributed by atoms with E-state index >= 15 is 0 Å². The summed E-state index contributed by atoms with van der Waals surface area (Å²) in [6.45, 7) is 5.69. The Morgan fingerprint density at radius 2 is 2.12 bits per heavy atom. The molecule has 3 rings (SSSR count). The second kappa shape index (κ2) is 7.32. The normalized spacial score (nSPS) is 16.5. The first-order valence-electron chi connectivity index (χ1n) is 8.66. The molecule has 1 aliphatic heterocycles. The van der Waals surface area contributed by atoms with E-state index in [0.717, 1.165) is 44.1 Å². The Balaban J connectivity index is 1.70. The molecule has 0 aromatic carbocycles. The van der Waals surface area contributed by atoms with Crippen LogP contribution >= 0.6 is 0 Å². The predicted molar refractivity (Wildman–Crippen MR) is 94.8 cm³/mol. The van der Waals surface area contributed by atoms with Gasteiger partial charge in [-0.05, 0) is 30.5 Å². The van der Waals surface area contributed by atoms with Crippen molar-refractivity contribution in [2.75, 3.05) is 25.5 Å². The van der Waals surface area contributed by atoms with E-state index in [-0.39, 0.29) is 0 Å².